The number of primary sulfonamides is 1. The topological polar surface area (TPSA) is 98.3 Å². The monoisotopic (exact) mass is 390 g/mol. The minimum Gasteiger partial charge on any atom is -0.337 e. The van der Waals surface area contributed by atoms with Crippen molar-refractivity contribution in [2.75, 3.05) is 7.05 Å². The molecule has 0 saturated carbocycles. The van der Waals surface area contributed by atoms with Crippen molar-refractivity contribution in [1.29, 1.82) is 0 Å². The molecule has 0 aliphatic carbocycles. The smallest absolute Gasteiger partial charge is 0.255 e. The lowest BCUT2D eigenvalue weighted by Gasteiger charge is -2.18. The van der Waals surface area contributed by atoms with Gasteiger partial charge >= 0.3 is 0 Å². The molecule has 7 nitrogen and oxygen atoms in total. The summed E-state index contributed by atoms with van der Waals surface area (Å²) >= 11 is 11.9. The fourth-order valence-corrected chi connectivity index (χ4v) is 3.54. The van der Waals surface area contributed by atoms with Crippen LogP contribution in [0.5, 0.6) is 0 Å². The number of nitrogens with zero attached hydrogens (tertiary/aromatic N) is 3. The third-order valence-corrected chi connectivity index (χ3v) is 5.34. The van der Waals surface area contributed by atoms with Gasteiger partial charge in [-0.1, -0.05) is 23.2 Å². The van der Waals surface area contributed by atoms with Crippen molar-refractivity contribution in [1.82, 2.24) is 14.7 Å². The number of hydrogen-bond donors (Lipinski definition) is 1. The SMILES string of the molecule is Cc1c(CN(C)C(=O)c2cc(S(N)(=O)=O)c(Cl)cc2Cl)cnn1C. The van der Waals surface area contributed by atoms with Crippen LogP contribution in [0.2, 0.25) is 10.0 Å². The Morgan fingerprint density at radius 2 is 1.96 bits per heavy atom. The summed E-state index contributed by atoms with van der Waals surface area (Å²) < 4.78 is 24.8. The number of carbonyl (C=O) groups excluding carboxylic acids is 1. The predicted octanol–water partition coefficient (Wildman–Crippen LogP) is 1.95. The van der Waals surface area contributed by atoms with E-state index in [1.165, 1.54) is 11.0 Å². The molecule has 0 unspecified atom stereocenters. The number of hydrogen-bond acceptors (Lipinski definition) is 4. The number of halogens is 2. The lowest BCUT2D eigenvalue weighted by Crippen LogP contribution is -2.27. The van der Waals surface area contributed by atoms with E-state index >= 15 is 0 Å². The summed E-state index contributed by atoms with van der Waals surface area (Å²) in [6, 6.07) is 2.29. The number of sulfonamides is 1. The average Bonchev–Trinajstić information content (AvgIpc) is 2.77. The maximum Gasteiger partial charge on any atom is 0.255 e. The van der Waals surface area contributed by atoms with Gasteiger partial charge in [0.2, 0.25) is 10.0 Å². The molecule has 0 atom stereocenters. The summed E-state index contributed by atoms with van der Waals surface area (Å²) in [5.41, 5.74) is 1.79. The Labute approximate surface area is 150 Å². The first kappa shape index (κ1) is 18.7. The number of benzene rings is 1. The Balaban J connectivity index is 2.37. The average molecular weight is 391 g/mol. The summed E-state index contributed by atoms with van der Waals surface area (Å²) in [6.45, 7) is 2.18. The third kappa shape index (κ3) is 3.72. The first-order valence-electron chi connectivity index (χ1n) is 6.77. The molecular weight excluding hydrogens is 375 g/mol. The molecule has 2 aromatic rings. The Hall–Kier alpha value is -1.61. The van der Waals surface area contributed by atoms with E-state index in [1.807, 2.05) is 6.92 Å². The molecule has 0 aliphatic rings. The molecule has 0 radical (unpaired) electrons. The molecule has 10 heteroatoms. The lowest BCUT2D eigenvalue weighted by molar-refractivity contribution is 0.0785. The van der Waals surface area contributed by atoms with E-state index in [2.05, 4.69) is 5.10 Å². The molecule has 1 amide bonds. The highest BCUT2D eigenvalue weighted by molar-refractivity contribution is 7.89. The highest BCUT2D eigenvalue weighted by atomic mass is 35.5. The van der Waals surface area contributed by atoms with E-state index in [0.717, 1.165) is 17.3 Å². The van der Waals surface area contributed by atoms with E-state index in [4.69, 9.17) is 28.3 Å². The molecule has 0 fully saturated rings. The second kappa shape index (κ2) is 6.72. The van der Waals surface area contributed by atoms with Crippen LogP contribution < -0.4 is 5.14 Å². The largest absolute Gasteiger partial charge is 0.337 e. The molecule has 0 aliphatic heterocycles. The van der Waals surface area contributed by atoms with Gasteiger partial charge in [0, 0.05) is 31.9 Å². The lowest BCUT2D eigenvalue weighted by atomic mass is 10.2. The second-order valence-corrected chi connectivity index (χ2v) is 7.69. The van der Waals surface area contributed by atoms with Crippen molar-refractivity contribution in [3.63, 3.8) is 0 Å². The molecule has 1 aromatic carbocycles. The van der Waals surface area contributed by atoms with E-state index in [1.54, 1.807) is 25.0 Å². The molecule has 0 spiro atoms. The van der Waals surface area contributed by atoms with Gasteiger partial charge in [-0.25, -0.2) is 13.6 Å². The summed E-state index contributed by atoms with van der Waals surface area (Å²) in [7, 11) is -0.689. The molecule has 130 valence electrons. The van der Waals surface area contributed by atoms with Crippen LogP contribution in [-0.2, 0) is 23.6 Å². The van der Waals surface area contributed by atoms with Gasteiger partial charge in [0.05, 0.1) is 21.8 Å². The van der Waals surface area contributed by atoms with Crippen LogP contribution in [0, 0.1) is 6.92 Å². The van der Waals surface area contributed by atoms with E-state index < -0.39 is 15.9 Å². The summed E-state index contributed by atoms with van der Waals surface area (Å²) in [6.07, 6.45) is 1.67. The highest BCUT2D eigenvalue weighted by Crippen LogP contribution is 2.29. The summed E-state index contributed by atoms with van der Waals surface area (Å²) in [5, 5.41) is 9.14. The fraction of sp³-hybridized carbons (Fsp3) is 0.286. The number of aryl methyl sites for hydroxylation is 1. The molecule has 0 bridgehead atoms. The fourth-order valence-electron chi connectivity index (χ4n) is 2.14. The van der Waals surface area contributed by atoms with Crippen LogP contribution in [0.1, 0.15) is 21.6 Å². The summed E-state index contributed by atoms with van der Waals surface area (Å²) in [5.74, 6) is -0.454. The van der Waals surface area contributed by atoms with Gasteiger partial charge < -0.3 is 4.90 Å². The Bertz CT molecular complexity index is 909. The van der Waals surface area contributed by atoms with E-state index in [-0.39, 0.29) is 20.5 Å². The molecule has 2 rings (SSSR count). The minimum atomic E-state index is -4.07. The first-order chi connectivity index (χ1) is 11.0. The van der Waals surface area contributed by atoms with E-state index in [0.29, 0.717) is 6.54 Å². The van der Waals surface area contributed by atoms with Gasteiger partial charge in [-0.05, 0) is 19.1 Å². The van der Waals surface area contributed by atoms with Crippen molar-refractivity contribution in [3.05, 3.63) is 45.2 Å². The van der Waals surface area contributed by atoms with Crippen LogP contribution >= 0.6 is 23.2 Å². The van der Waals surface area contributed by atoms with Gasteiger partial charge in [-0.2, -0.15) is 5.10 Å². The minimum absolute atomic E-state index is 0.00846. The zero-order valence-corrected chi connectivity index (χ0v) is 15.6. The molecule has 0 saturated heterocycles. The van der Waals surface area contributed by atoms with Crippen LogP contribution in [0.15, 0.2) is 23.2 Å². The van der Waals surface area contributed by atoms with Crippen molar-refractivity contribution in [3.8, 4) is 0 Å². The Morgan fingerprint density at radius 1 is 1.33 bits per heavy atom. The van der Waals surface area contributed by atoms with Crippen LogP contribution in [0.4, 0.5) is 0 Å². The van der Waals surface area contributed by atoms with Gasteiger partial charge in [0.1, 0.15) is 4.90 Å². The normalized spacial score (nSPS) is 11.6. The zero-order chi connectivity index (χ0) is 18.2. The number of amides is 1. The second-order valence-electron chi connectivity index (χ2n) is 5.35. The third-order valence-electron chi connectivity index (χ3n) is 3.65. The van der Waals surface area contributed by atoms with Gasteiger partial charge in [-0.15, -0.1) is 0 Å². The maximum absolute atomic E-state index is 12.6. The van der Waals surface area contributed by atoms with E-state index in [9.17, 15) is 13.2 Å². The molecule has 1 heterocycles. The standard InChI is InChI=1S/C14H16Cl2N4O3S/c1-8-9(6-18-20(8)3)7-19(2)14(21)10-4-13(24(17,22)23)12(16)5-11(10)15/h4-6H,7H2,1-3H3,(H2,17,22,23). The molecule has 24 heavy (non-hydrogen) atoms. The van der Waals surface area contributed by atoms with Crippen LogP contribution in [0.3, 0.4) is 0 Å². The zero-order valence-electron chi connectivity index (χ0n) is 13.2. The molecule has 1 aromatic heterocycles. The van der Waals surface area contributed by atoms with Crippen molar-refractivity contribution in [2.45, 2.75) is 18.4 Å². The molecular formula is C14H16Cl2N4O3S. The van der Waals surface area contributed by atoms with Gasteiger partial charge in [-0.3, -0.25) is 9.48 Å². The van der Waals surface area contributed by atoms with Crippen LogP contribution in [0.25, 0.3) is 0 Å². The maximum atomic E-state index is 12.6. The van der Waals surface area contributed by atoms with Crippen LogP contribution in [-0.4, -0.2) is 36.1 Å². The number of nitrogens with two attached hydrogens (primary N) is 1. The first-order valence-corrected chi connectivity index (χ1v) is 9.07. The van der Waals surface area contributed by atoms with Crippen molar-refractivity contribution < 1.29 is 13.2 Å². The van der Waals surface area contributed by atoms with Crippen molar-refractivity contribution >= 4 is 39.1 Å². The highest BCUT2D eigenvalue weighted by Gasteiger charge is 2.22. The quantitative estimate of drug-likeness (QED) is 0.861. The number of carbonyl (C=O) groups is 1. The molecule has 2 N–H and O–H groups in total. The summed E-state index contributed by atoms with van der Waals surface area (Å²) in [4.78, 5) is 13.7. The van der Waals surface area contributed by atoms with Gasteiger partial charge in [0.25, 0.3) is 5.91 Å². The van der Waals surface area contributed by atoms with Gasteiger partial charge in [0.15, 0.2) is 0 Å². The Morgan fingerprint density at radius 3 is 2.46 bits per heavy atom. The van der Waals surface area contributed by atoms with Crippen molar-refractivity contribution in [2.24, 2.45) is 12.2 Å². The predicted molar refractivity (Wildman–Crippen MR) is 91.6 cm³/mol. The Kier molecular flexibility index (Phi) is 5.24. The number of aromatic nitrogens is 2. The number of rotatable bonds is 4.